The molecule has 1 atom stereocenters. The zero-order valence-corrected chi connectivity index (χ0v) is 19.9. The summed E-state index contributed by atoms with van der Waals surface area (Å²) in [4.78, 5) is 2.20. The van der Waals surface area contributed by atoms with Gasteiger partial charge < -0.3 is 14.6 Å². The molecular weight excluding hydrogens is 426 g/mol. The largest absolute Gasteiger partial charge is 0.437 e. The van der Waals surface area contributed by atoms with E-state index in [0.29, 0.717) is 43.0 Å². The van der Waals surface area contributed by atoms with Gasteiger partial charge in [-0.25, -0.2) is 4.68 Å². The van der Waals surface area contributed by atoms with Crippen LogP contribution >= 0.6 is 11.6 Å². The van der Waals surface area contributed by atoms with Crippen molar-refractivity contribution in [2.45, 2.75) is 39.5 Å². The van der Waals surface area contributed by atoms with Crippen LogP contribution in [-0.2, 0) is 18.3 Å². The number of ether oxygens (including phenoxy) is 2. The Balaban J connectivity index is 1.99. The van der Waals surface area contributed by atoms with Gasteiger partial charge in [-0.05, 0) is 32.9 Å². The molecule has 0 aliphatic heterocycles. The summed E-state index contributed by atoms with van der Waals surface area (Å²) in [5.74, 6) is 1.20. The van der Waals surface area contributed by atoms with Gasteiger partial charge in [0.25, 0.3) is 0 Å². The Labute approximate surface area is 195 Å². The van der Waals surface area contributed by atoms with E-state index in [1.165, 1.54) is 0 Å². The van der Waals surface area contributed by atoms with Gasteiger partial charge in [0.15, 0.2) is 0 Å². The van der Waals surface area contributed by atoms with Gasteiger partial charge in [-0.3, -0.25) is 4.90 Å². The smallest absolute Gasteiger partial charge is 0.222 e. The maximum atomic E-state index is 10.5. The average molecular weight is 458 g/mol. The first-order valence-corrected chi connectivity index (χ1v) is 11.3. The van der Waals surface area contributed by atoms with Crippen molar-refractivity contribution in [3.05, 3.63) is 65.2 Å². The molecule has 0 amide bonds. The van der Waals surface area contributed by atoms with Crippen molar-refractivity contribution in [1.29, 1.82) is 0 Å². The normalized spacial score (nSPS) is 12.5. The minimum Gasteiger partial charge on any atom is -0.437 e. The van der Waals surface area contributed by atoms with Crippen molar-refractivity contribution >= 4 is 11.6 Å². The molecule has 0 aliphatic rings. The van der Waals surface area contributed by atoms with Crippen molar-refractivity contribution in [1.82, 2.24) is 14.7 Å². The third kappa shape index (κ3) is 6.11. The average Bonchev–Trinajstić information content (AvgIpc) is 3.09. The van der Waals surface area contributed by atoms with E-state index in [1.54, 1.807) is 10.7 Å². The van der Waals surface area contributed by atoms with Gasteiger partial charge in [-0.2, -0.15) is 5.10 Å². The zero-order valence-electron chi connectivity index (χ0n) is 19.2. The molecule has 0 unspecified atom stereocenters. The second-order valence-electron chi connectivity index (χ2n) is 7.99. The fraction of sp³-hybridized carbons (Fsp3) is 0.400. The molecule has 0 bridgehead atoms. The number of hydrogen-bond acceptors (Lipinski definition) is 5. The monoisotopic (exact) mass is 457 g/mol. The van der Waals surface area contributed by atoms with Gasteiger partial charge in [0, 0.05) is 38.3 Å². The number of aliphatic hydroxyl groups excluding tert-OH is 1. The number of para-hydroxylation sites is 1. The van der Waals surface area contributed by atoms with Gasteiger partial charge in [0.1, 0.15) is 11.4 Å². The first-order valence-electron chi connectivity index (χ1n) is 10.9. The Kier molecular flexibility index (Phi) is 8.70. The van der Waals surface area contributed by atoms with E-state index in [4.69, 9.17) is 26.2 Å². The zero-order chi connectivity index (χ0) is 23.1. The highest BCUT2D eigenvalue weighted by molar-refractivity contribution is 6.32. The summed E-state index contributed by atoms with van der Waals surface area (Å²) in [6.45, 7) is 8.07. The standard InChI is InChI=1S/C25H32ClN3O3/c1-5-31-17-20(30)15-29(18(2)3)16-21-24(19-11-7-6-8-12-19)27-28(4)25(21)32-23-14-10-9-13-22(23)26/h6-14,18,20,30H,5,15-17H2,1-4H3/t20-/m0/s1. The molecule has 32 heavy (non-hydrogen) atoms. The van der Waals surface area contributed by atoms with E-state index in [9.17, 15) is 5.11 Å². The molecule has 0 radical (unpaired) electrons. The van der Waals surface area contributed by atoms with Crippen molar-refractivity contribution in [2.24, 2.45) is 7.05 Å². The van der Waals surface area contributed by atoms with E-state index < -0.39 is 6.10 Å². The molecule has 0 fully saturated rings. The third-order valence-corrected chi connectivity index (χ3v) is 5.54. The van der Waals surface area contributed by atoms with Gasteiger partial charge in [-0.1, -0.05) is 54.1 Å². The third-order valence-electron chi connectivity index (χ3n) is 5.23. The van der Waals surface area contributed by atoms with Crippen LogP contribution in [0.4, 0.5) is 0 Å². The van der Waals surface area contributed by atoms with Gasteiger partial charge in [0.05, 0.1) is 23.3 Å². The maximum Gasteiger partial charge on any atom is 0.222 e. The molecule has 1 N–H and O–H groups in total. The molecule has 3 rings (SSSR count). The molecule has 0 aliphatic carbocycles. The Morgan fingerprint density at radius 1 is 1.09 bits per heavy atom. The Bertz CT molecular complexity index is 991. The summed E-state index contributed by atoms with van der Waals surface area (Å²) >= 11 is 6.36. The fourth-order valence-electron chi connectivity index (χ4n) is 3.52. The van der Waals surface area contributed by atoms with Crippen LogP contribution < -0.4 is 4.74 Å². The topological polar surface area (TPSA) is 59.8 Å². The molecule has 0 saturated heterocycles. The molecule has 1 aromatic heterocycles. The summed E-state index contributed by atoms with van der Waals surface area (Å²) in [7, 11) is 1.87. The number of nitrogens with zero attached hydrogens (tertiary/aromatic N) is 3. The second kappa shape index (κ2) is 11.5. The Hall–Kier alpha value is -2.38. The predicted octanol–water partition coefficient (Wildman–Crippen LogP) is 5.14. The van der Waals surface area contributed by atoms with Crippen molar-refractivity contribution in [3.8, 4) is 22.9 Å². The summed E-state index contributed by atoms with van der Waals surface area (Å²) in [6, 6.07) is 17.6. The van der Waals surface area contributed by atoms with E-state index in [2.05, 4.69) is 18.7 Å². The summed E-state index contributed by atoms with van der Waals surface area (Å²) in [5.41, 5.74) is 2.79. The number of rotatable bonds is 11. The lowest BCUT2D eigenvalue weighted by Gasteiger charge is -2.29. The number of hydrogen-bond donors (Lipinski definition) is 1. The molecule has 0 saturated carbocycles. The SMILES string of the molecule is CCOC[C@@H](O)CN(Cc1c(-c2ccccc2)nn(C)c1Oc1ccccc1Cl)C(C)C. The lowest BCUT2D eigenvalue weighted by atomic mass is 10.1. The maximum absolute atomic E-state index is 10.5. The Morgan fingerprint density at radius 3 is 2.44 bits per heavy atom. The van der Waals surface area contributed by atoms with Crippen LogP contribution in [0, 0.1) is 0 Å². The van der Waals surface area contributed by atoms with Crippen LogP contribution in [0.5, 0.6) is 11.6 Å². The molecule has 6 nitrogen and oxygen atoms in total. The van der Waals surface area contributed by atoms with Crippen LogP contribution in [0.1, 0.15) is 26.3 Å². The first kappa shape index (κ1) is 24.3. The van der Waals surface area contributed by atoms with E-state index >= 15 is 0 Å². The highest BCUT2D eigenvalue weighted by Crippen LogP contribution is 2.36. The molecule has 7 heteroatoms. The number of aliphatic hydroxyl groups is 1. The highest BCUT2D eigenvalue weighted by atomic mass is 35.5. The van der Waals surface area contributed by atoms with Crippen LogP contribution in [0.2, 0.25) is 5.02 Å². The minimum absolute atomic E-state index is 0.197. The van der Waals surface area contributed by atoms with Gasteiger partial charge in [-0.15, -0.1) is 0 Å². The van der Waals surface area contributed by atoms with Gasteiger partial charge in [0.2, 0.25) is 5.88 Å². The molecule has 172 valence electrons. The molecular formula is C25H32ClN3O3. The van der Waals surface area contributed by atoms with E-state index in [-0.39, 0.29) is 6.04 Å². The number of aryl methyl sites for hydroxylation is 1. The molecule has 2 aromatic carbocycles. The minimum atomic E-state index is -0.581. The lowest BCUT2D eigenvalue weighted by Crippen LogP contribution is -2.39. The molecule has 0 spiro atoms. The fourth-order valence-corrected chi connectivity index (χ4v) is 3.69. The van der Waals surface area contributed by atoms with Crippen LogP contribution in [0.25, 0.3) is 11.3 Å². The van der Waals surface area contributed by atoms with Crippen molar-refractivity contribution < 1.29 is 14.6 Å². The van der Waals surface area contributed by atoms with Crippen molar-refractivity contribution in [3.63, 3.8) is 0 Å². The summed E-state index contributed by atoms with van der Waals surface area (Å²) in [6.07, 6.45) is -0.581. The number of halogens is 1. The summed E-state index contributed by atoms with van der Waals surface area (Å²) < 4.78 is 13.4. The number of benzene rings is 2. The predicted molar refractivity (Wildman–Crippen MR) is 128 cm³/mol. The van der Waals surface area contributed by atoms with E-state index in [0.717, 1.165) is 16.8 Å². The number of aromatic nitrogens is 2. The first-order chi connectivity index (χ1) is 15.4. The van der Waals surface area contributed by atoms with E-state index in [1.807, 2.05) is 62.5 Å². The quantitative estimate of drug-likeness (QED) is 0.432. The summed E-state index contributed by atoms with van der Waals surface area (Å²) in [5, 5.41) is 15.8. The lowest BCUT2D eigenvalue weighted by molar-refractivity contribution is 0.0132. The molecule has 1 heterocycles. The van der Waals surface area contributed by atoms with Crippen LogP contribution in [-0.4, -0.2) is 51.7 Å². The second-order valence-corrected chi connectivity index (χ2v) is 8.40. The highest BCUT2D eigenvalue weighted by Gasteiger charge is 2.25. The Morgan fingerprint density at radius 2 is 1.78 bits per heavy atom. The van der Waals surface area contributed by atoms with Crippen molar-refractivity contribution in [2.75, 3.05) is 19.8 Å². The van der Waals surface area contributed by atoms with Crippen LogP contribution in [0.15, 0.2) is 54.6 Å². The molecule has 3 aromatic rings. The van der Waals surface area contributed by atoms with Gasteiger partial charge >= 0.3 is 0 Å². The van der Waals surface area contributed by atoms with Crippen LogP contribution in [0.3, 0.4) is 0 Å².